The second kappa shape index (κ2) is 12.8. The molecule has 2 heterocycles. The van der Waals surface area contributed by atoms with E-state index in [1.807, 2.05) is 74.5 Å². The van der Waals surface area contributed by atoms with Crippen LogP contribution in [0.4, 0.5) is 11.4 Å². The van der Waals surface area contributed by atoms with Gasteiger partial charge in [0.15, 0.2) is 10.2 Å². The Balaban J connectivity index is 1.39. The highest BCUT2D eigenvalue weighted by molar-refractivity contribution is 7.80. The van der Waals surface area contributed by atoms with E-state index in [0.717, 1.165) is 11.4 Å². The van der Waals surface area contributed by atoms with Gasteiger partial charge in [0.05, 0.1) is 34.2 Å². The molecule has 4 N–H and O–H groups in total. The Bertz CT molecular complexity index is 1680. The van der Waals surface area contributed by atoms with E-state index in [9.17, 15) is 9.59 Å². The summed E-state index contributed by atoms with van der Waals surface area (Å²) in [7, 11) is 3.61. The Morgan fingerprint density at radius 1 is 0.643 bits per heavy atom. The zero-order chi connectivity index (χ0) is 30.6. The van der Waals surface area contributed by atoms with E-state index < -0.39 is 0 Å². The number of thiocarbonyl (C=S) groups is 2. The number of hydrazone groups is 2. The minimum Gasteiger partial charge on any atom is -0.325 e. The maximum Gasteiger partial charge on any atom is 0.295 e. The van der Waals surface area contributed by atoms with Crippen LogP contribution < -0.4 is 32.6 Å². The number of para-hydroxylation sites is 2. The molecular formula is C28H32N10O2S2. The molecule has 12 nitrogen and oxygen atoms in total. The highest BCUT2D eigenvalue weighted by Crippen LogP contribution is 2.15. The molecule has 14 heteroatoms. The predicted molar refractivity (Wildman–Crippen MR) is 176 cm³/mol. The minimum atomic E-state index is -0.238. The standard InChI is InChI=1S/C28H32N10O2S2/c1-17(31-33-27(41)29-23-19(3)35(5)37(25(23)39)21-13-9-7-10-14-21)18(2)32-34-28(42)30-24-20(4)36(6)38(26(24)40)22-15-11-8-12-16-22/h7-16H,1-6H3,(H2,29,33,41)(H2,30,34,42)/b31-17-,32-18-. The summed E-state index contributed by atoms with van der Waals surface area (Å²) >= 11 is 10.7. The molecule has 0 radical (unpaired) electrons. The number of anilines is 2. The molecule has 0 bridgehead atoms. The fraction of sp³-hybridized carbons (Fsp3) is 0.214. The van der Waals surface area contributed by atoms with Gasteiger partial charge in [-0.25, -0.2) is 9.36 Å². The first-order valence-electron chi connectivity index (χ1n) is 12.9. The molecule has 0 fully saturated rings. The van der Waals surface area contributed by atoms with Crippen molar-refractivity contribution < 1.29 is 0 Å². The fourth-order valence-corrected chi connectivity index (χ4v) is 4.43. The second-order valence-corrected chi connectivity index (χ2v) is 10.2. The van der Waals surface area contributed by atoms with Gasteiger partial charge in [-0.15, -0.1) is 0 Å². The maximum absolute atomic E-state index is 13.1. The Morgan fingerprint density at radius 3 is 1.31 bits per heavy atom. The number of nitrogens with one attached hydrogen (secondary N) is 4. The quantitative estimate of drug-likeness (QED) is 0.144. The molecule has 0 aliphatic carbocycles. The minimum absolute atomic E-state index is 0.146. The highest BCUT2D eigenvalue weighted by atomic mass is 32.1. The lowest BCUT2D eigenvalue weighted by molar-refractivity contribution is 0.630. The van der Waals surface area contributed by atoms with Crippen LogP contribution in [-0.2, 0) is 14.1 Å². The molecule has 2 aromatic carbocycles. The van der Waals surface area contributed by atoms with Crippen molar-refractivity contribution in [1.29, 1.82) is 0 Å². The van der Waals surface area contributed by atoms with Gasteiger partial charge in [0, 0.05) is 14.1 Å². The van der Waals surface area contributed by atoms with Crippen LogP contribution in [0.1, 0.15) is 25.2 Å². The van der Waals surface area contributed by atoms with Crippen LogP contribution in [0.5, 0.6) is 0 Å². The summed E-state index contributed by atoms with van der Waals surface area (Å²) in [6, 6.07) is 18.7. The largest absolute Gasteiger partial charge is 0.325 e. The van der Waals surface area contributed by atoms with E-state index in [4.69, 9.17) is 24.4 Å². The third kappa shape index (κ3) is 6.24. The number of hydrogen-bond acceptors (Lipinski definition) is 6. The van der Waals surface area contributed by atoms with E-state index in [-0.39, 0.29) is 21.3 Å². The summed E-state index contributed by atoms with van der Waals surface area (Å²) in [5.74, 6) is 0. The molecule has 0 spiro atoms. The molecule has 4 rings (SSSR count). The van der Waals surface area contributed by atoms with Crippen molar-refractivity contribution >= 4 is 57.5 Å². The number of aromatic nitrogens is 4. The van der Waals surface area contributed by atoms with Gasteiger partial charge in [-0.05, 0) is 76.4 Å². The van der Waals surface area contributed by atoms with Crippen LogP contribution in [-0.4, -0.2) is 40.4 Å². The number of rotatable bonds is 7. The lowest BCUT2D eigenvalue weighted by atomic mass is 10.3. The average molecular weight is 605 g/mol. The van der Waals surface area contributed by atoms with Gasteiger partial charge in [0.1, 0.15) is 11.4 Å². The maximum atomic E-state index is 13.1. The van der Waals surface area contributed by atoms with Gasteiger partial charge in [-0.1, -0.05) is 36.4 Å². The van der Waals surface area contributed by atoms with Crippen molar-refractivity contribution in [3.8, 4) is 11.4 Å². The molecule has 0 unspecified atom stereocenters. The van der Waals surface area contributed by atoms with Gasteiger partial charge >= 0.3 is 0 Å². The first-order chi connectivity index (χ1) is 20.0. The van der Waals surface area contributed by atoms with E-state index in [0.29, 0.717) is 34.2 Å². The SMILES string of the molecule is CC(=N/NC(=S)Nc1c(C)n(C)n(-c2ccccc2)c1=O)/C(C)=N\NC(=S)Nc1c(C)n(C)n(-c2ccccc2)c1=O. The van der Waals surface area contributed by atoms with Gasteiger partial charge in [-0.3, -0.25) is 29.8 Å². The smallest absolute Gasteiger partial charge is 0.295 e. The third-order valence-corrected chi connectivity index (χ3v) is 7.15. The van der Waals surface area contributed by atoms with E-state index in [1.54, 1.807) is 46.7 Å². The van der Waals surface area contributed by atoms with Crippen molar-refractivity contribution in [3.05, 3.63) is 92.8 Å². The molecule has 2 aromatic heterocycles. The molecule has 42 heavy (non-hydrogen) atoms. The summed E-state index contributed by atoms with van der Waals surface area (Å²) in [5, 5.41) is 14.7. The van der Waals surface area contributed by atoms with Crippen LogP contribution >= 0.6 is 24.4 Å². The number of hydrogen-bond donors (Lipinski definition) is 4. The summed E-state index contributed by atoms with van der Waals surface area (Å²) < 4.78 is 6.62. The van der Waals surface area contributed by atoms with Gasteiger partial charge in [-0.2, -0.15) is 10.2 Å². The van der Waals surface area contributed by atoms with Crippen LogP contribution in [0.3, 0.4) is 0 Å². The van der Waals surface area contributed by atoms with Gasteiger partial charge in [0.2, 0.25) is 0 Å². The van der Waals surface area contributed by atoms with E-state index in [1.165, 1.54) is 0 Å². The molecule has 0 aliphatic heterocycles. The van der Waals surface area contributed by atoms with E-state index >= 15 is 0 Å². The van der Waals surface area contributed by atoms with Crippen molar-refractivity contribution in [3.63, 3.8) is 0 Å². The summed E-state index contributed by atoms with van der Waals surface area (Å²) in [6.45, 7) is 7.13. The van der Waals surface area contributed by atoms with Gasteiger partial charge in [0.25, 0.3) is 11.1 Å². The van der Waals surface area contributed by atoms with Crippen LogP contribution in [0, 0.1) is 13.8 Å². The van der Waals surface area contributed by atoms with Crippen LogP contribution in [0.15, 0.2) is 80.5 Å². The zero-order valence-electron chi connectivity index (χ0n) is 24.1. The first-order valence-corrected chi connectivity index (χ1v) is 13.7. The fourth-order valence-electron chi connectivity index (χ4n) is 4.14. The van der Waals surface area contributed by atoms with Crippen LogP contribution in [0.2, 0.25) is 0 Å². The Morgan fingerprint density at radius 2 is 0.976 bits per heavy atom. The molecule has 0 aliphatic rings. The summed E-state index contributed by atoms with van der Waals surface area (Å²) in [4.78, 5) is 26.2. The van der Waals surface area contributed by atoms with Gasteiger partial charge < -0.3 is 10.6 Å². The zero-order valence-corrected chi connectivity index (χ0v) is 25.7. The number of nitrogens with zero attached hydrogens (tertiary/aromatic N) is 6. The first kappa shape index (κ1) is 30.1. The second-order valence-electron chi connectivity index (χ2n) is 9.40. The van der Waals surface area contributed by atoms with Crippen molar-refractivity contribution in [1.82, 2.24) is 29.6 Å². The topological polar surface area (TPSA) is 127 Å². The van der Waals surface area contributed by atoms with Crippen molar-refractivity contribution in [2.45, 2.75) is 27.7 Å². The van der Waals surface area contributed by atoms with Crippen molar-refractivity contribution in [2.24, 2.45) is 24.3 Å². The molecule has 0 amide bonds. The molecular weight excluding hydrogens is 573 g/mol. The summed E-state index contributed by atoms with van der Waals surface area (Å²) in [5.41, 5.74) is 9.65. The normalized spacial score (nSPS) is 11.8. The molecule has 218 valence electrons. The monoisotopic (exact) mass is 604 g/mol. The Labute approximate surface area is 253 Å². The molecule has 0 saturated carbocycles. The molecule has 0 atom stereocenters. The Hall–Kier alpha value is -4.82. The summed E-state index contributed by atoms with van der Waals surface area (Å²) in [6.07, 6.45) is 0. The molecule has 0 saturated heterocycles. The molecule has 4 aromatic rings. The third-order valence-electron chi connectivity index (χ3n) is 6.76. The predicted octanol–water partition coefficient (Wildman–Crippen LogP) is 3.31. The number of benzene rings is 2. The lowest BCUT2D eigenvalue weighted by Gasteiger charge is -2.08. The average Bonchev–Trinajstić information content (AvgIpc) is 3.33. The van der Waals surface area contributed by atoms with E-state index in [2.05, 4.69) is 31.7 Å². The van der Waals surface area contributed by atoms with Crippen LogP contribution in [0.25, 0.3) is 11.4 Å². The highest BCUT2D eigenvalue weighted by Gasteiger charge is 2.18. The van der Waals surface area contributed by atoms with Crippen molar-refractivity contribution in [2.75, 3.05) is 10.6 Å². The lowest BCUT2D eigenvalue weighted by Crippen LogP contribution is -2.30. The Kier molecular flexibility index (Phi) is 9.18.